The van der Waals surface area contributed by atoms with Gasteiger partial charge in [0, 0.05) is 16.9 Å². The van der Waals surface area contributed by atoms with E-state index in [-0.39, 0.29) is 0 Å². The van der Waals surface area contributed by atoms with E-state index in [1.807, 2.05) is 30.0 Å². The molecule has 0 spiro atoms. The lowest BCUT2D eigenvalue weighted by Crippen LogP contribution is -2.17. The molecule has 1 fully saturated rings. The van der Waals surface area contributed by atoms with Gasteiger partial charge in [-0.05, 0) is 19.1 Å². The van der Waals surface area contributed by atoms with E-state index in [1.165, 1.54) is 12.8 Å². The zero-order valence-corrected chi connectivity index (χ0v) is 11.9. The molecule has 0 amide bonds. The van der Waals surface area contributed by atoms with E-state index < -0.39 is 0 Å². The first kappa shape index (κ1) is 12.0. The van der Waals surface area contributed by atoms with Crippen LogP contribution in [0.1, 0.15) is 12.8 Å². The standard InChI is InChI=1S/C13H15N3S2/c1-17-13(7-8-13)9-14-12-16-15-11(18-12)10-5-3-2-4-6-10/h2-6H,7-9H2,1H3,(H,14,16). The monoisotopic (exact) mass is 277 g/mol. The van der Waals surface area contributed by atoms with Gasteiger partial charge in [0.1, 0.15) is 5.01 Å². The van der Waals surface area contributed by atoms with Crippen LogP contribution in [-0.4, -0.2) is 27.7 Å². The molecular formula is C13H15N3S2. The maximum Gasteiger partial charge on any atom is 0.206 e. The Bertz CT molecular complexity index is 520. The van der Waals surface area contributed by atoms with Crippen molar-refractivity contribution >= 4 is 28.2 Å². The van der Waals surface area contributed by atoms with Crippen molar-refractivity contribution in [3.05, 3.63) is 30.3 Å². The molecule has 3 rings (SSSR count). The summed E-state index contributed by atoms with van der Waals surface area (Å²) in [5.74, 6) is 0. The molecular weight excluding hydrogens is 262 g/mol. The van der Waals surface area contributed by atoms with Crippen molar-refractivity contribution < 1.29 is 0 Å². The van der Waals surface area contributed by atoms with Crippen LogP contribution in [0.3, 0.4) is 0 Å². The van der Waals surface area contributed by atoms with Gasteiger partial charge in [-0.15, -0.1) is 10.2 Å². The van der Waals surface area contributed by atoms with Gasteiger partial charge in [-0.1, -0.05) is 41.7 Å². The van der Waals surface area contributed by atoms with Crippen LogP contribution < -0.4 is 5.32 Å². The lowest BCUT2D eigenvalue weighted by molar-refractivity contribution is 0.937. The zero-order valence-electron chi connectivity index (χ0n) is 10.2. The Balaban J connectivity index is 1.67. The van der Waals surface area contributed by atoms with Crippen LogP contribution in [0.25, 0.3) is 10.6 Å². The molecule has 0 bridgehead atoms. The summed E-state index contributed by atoms with van der Waals surface area (Å²) in [4.78, 5) is 0. The van der Waals surface area contributed by atoms with Crippen molar-refractivity contribution in [3.8, 4) is 10.6 Å². The molecule has 5 heteroatoms. The molecule has 0 saturated heterocycles. The van der Waals surface area contributed by atoms with Crippen LogP contribution in [0.15, 0.2) is 30.3 Å². The van der Waals surface area contributed by atoms with Crippen molar-refractivity contribution in [3.63, 3.8) is 0 Å². The van der Waals surface area contributed by atoms with Gasteiger partial charge in [0.2, 0.25) is 5.13 Å². The highest BCUT2D eigenvalue weighted by molar-refractivity contribution is 8.00. The van der Waals surface area contributed by atoms with Gasteiger partial charge >= 0.3 is 0 Å². The summed E-state index contributed by atoms with van der Waals surface area (Å²) in [6.45, 7) is 0.998. The molecule has 0 radical (unpaired) electrons. The number of rotatable bonds is 5. The maximum atomic E-state index is 4.23. The summed E-state index contributed by atoms with van der Waals surface area (Å²) in [5, 5.41) is 13.8. The Labute approximate surface area is 115 Å². The first-order valence-corrected chi connectivity index (χ1v) is 8.03. The molecule has 0 aliphatic heterocycles. The molecule has 2 aromatic rings. The molecule has 94 valence electrons. The summed E-state index contributed by atoms with van der Waals surface area (Å²) in [6.07, 6.45) is 4.81. The SMILES string of the molecule is CSC1(CNc2nnc(-c3ccccc3)s2)CC1. The number of hydrogen-bond donors (Lipinski definition) is 1. The van der Waals surface area contributed by atoms with Gasteiger partial charge < -0.3 is 5.32 Å². The highest BCUT2D eigenvalue weighted by Crippen LogP contribution is 2.47. The fourth-order valence-corrected chi connectivity index (χ4v) is 3.29. The minimum atomic E-state index is 0.457. The Morgan fingerprint density at radius 1 is 1.28 bits per heavy atom. The van der Waals surface area contributed by atoms with Gasteiger partial charge in [-0.2, -0.15) is 11.8 Å². The molecule has 0 atom stereocenters. The molecule has 1 N–H and O–H groups in total. The fraction of sp³-hybridized carbons (Fsp3) is 0.385. The Kier molecular flexibility index (Phi) is 3.26. The normalized spacial score (nSPS) is 16.5. The third-order valence-electron chi connectivity index (χ3n) is 3.25. The maximum absolute atomic E-state index is 4.23. The molecule has 1 aliphatic rings. The summed E-state index contributed by atoms with van der Waals surface area (Å²) >= 11 is 3.58. The van der Waals surface area contributed by atoms with E-state index in [1.54, 1.807) is 11.3 Å². The van der Waals surface area contributed by atoms with Gasteiger partial charge in [0.15, 0.2) is 0 Å². The molecule has 0 unspecified atom stereocenters. The average molecular weight is 277 g/mol. The minimum absolute atomic E-state index is 0.457. The predicted octanol–water partition coefficient (Wildman–Crippen LogP) is 3.51. The van der Waals surface area contributed by atoms with Gasteiger partial charge in [0.25, 0.3) is 0 Å². The first-order chi connectivity index (χ1) is 8.81. The largest absolute Gasteiger partial charge is 0.359 e. The third-order valence-corrected chi connectivity index (χ3v) is 5.60. The molecule has 18 heavy (non-hydrogen) atoms. The quantitative estimate of drug-likeness (QED) is 0.907. The van der Waals surface area contributed by atoms with Crippen molar-refractivity contribution in [1.29, 1.82) is 0 Å². The molecule has 1 aliphatic carbocycles. The Hall–Kier alpha value is -1.07. The predicted molar refractivity (Wildman–Crippen MR) is 79.3 cm³/mol. The number of benzene rings is 1. The number of thioether (sulfide) groups is 1. The number of nitrogens with one attached hydrogen (secondary N) is 1. The van der Waals surface area contributed by atoms with Crippen LogP contribution in [-0.2, 0) is 0 Å². The highest BCUT2D eigenvalue weighted by Gasteiger charge is 2.41. The van der Waals surface area contributed by atoms with E-state index in [0.717, 1.165) is 22.2 Å². The Morgan fingerprint density at radius 3 is 2.72 bits per heavy atom. The number of aromatic nitrogens is 2. The second-order valence-corrected chi connectivity index (χ2v) is 6.77. The number of nitrogens with zero attached hydrogens (tertiary/aromatic N) is 2. The van der Waals surface area contributed by atoms with Gasteiger partial charge in [0.05, 0.1) is 0 Å². The summed E-state index contributed by atoms with van der Waals surface area (Å²) in [6, 6.07) is 10.2. The van der Waals surface area contributed by atoms with Gasteiger partial charge in [-0.3, -0.25) is 0 Å². The van der Waals surface area contributed by atoms with Crippen LogP contribution in [0, 0.1) is 0 Å². The van der Waals surface area contributed by atoms with E-state index in [9.17, 15) is 0 Å². The second-order valence-electron chi connectivity index (χ2n) is 4.52. The molecule has 3 nitrogen and oxygen atoms in total. The third kappa shape index (κ3) is 2.52. The summed E-state index contributed by atoms with van der Waals surface area (Å²) in [5.41, 5.74) is 1.13. The van der Waals surface area contributed by atoms with E-state index in [4.69, 9.17) is 0 Å². The summed E-state index contributed by atoms with van der Waals surface area (Å²) < 4.78 is 0.457. The lowest BCUT2D eigenvalue weighted by Gasteiger charge is -2.11. The number of hydrogen-bond acceptors (Lipinski definition) is 5. The number of anilines is 1. The second kappa shape index (κ2) is 4.90. The average Bonchev–Trinajstić information content (AvgIpc) is 3.07. The zero-order chi connectivity index (χ0) is 12.4. The minimum Gasteiger partial charge on any atom is -0.359 e. The summed E-state index contributed by atoms with van der Waals surface area (Å²) in [7, 11) is 0. The van der Waals surface area contributed by atoms with E-state index >= 15 is 0 Å². The first-order valence-electron chi connectivity index (χ1n) is 5.99. The van der Waals surface area contributed by atoms with Gasteiger partial charge in [-0.25, -0.2) is 0 Å². The van der Waals surface area contributed by atoms with Crippen molar-refractivity contribution in [2.45, 2.75) is 17.6 Å². The molecule has 1 heterocycles. The van der Waals surface area contributed by atoms with Crippen LogP contribution in [0.2, 0.25) is 0 Å². The topological polar surface area (TPSA) is 37.8 Å². The smallest absolute Gasteiger partial charge is 0.206 e. The van der Waals surface area contributed by atoms with Crippen LogP contribution in [0.4, 0.5) is 5.13 Å². The van der Waals surface area contributed by atoms with Crippen molar-refractivity contribution in [1.82, 2.24) is 10.2 Å². The van der Waals surface area contributed by atoms with E-state index in [0.29, 0.717) is 4.75 Å². The molecule has 1 saturated carbocycles. The molecule has 1 aromatic heterocycles. The van der Waals surface area contributed by atoms with E-state index in [2.05, 4.69) is 33.9 Å². The highest BCUT2D eigenvalue weighted by atomic mass is 32.2. The molecule has 1 aromatic carbocycles. The lowest BCUT2D eigenvalue weighted by atomic mass is 10.2. The van der Waals surface area contributed by atoms with Crippen molar-refractivity contribution in [2.24, 2.45) is 0 Å². The Morgan fingerprint density at radius 2 is 2.06 bits per heavy atom. The fourth-order valence-electron chi connectivity index (χ4n) is 1.82. The van der Waals surface area contributed by atoms with Crippen molar-refractivity contribution in [2.75, 3.05) is 18.1 Å². The van der Waals surface area contributed by atoms with Crippen LogP contribution in [0.5, 0.6) is 0 Å². The van der Waals surface area contributed by atoms with Crippen LogP contribution >= 0.6 is 23.1 Å².